The Bertz CT molecular complexity index is 659. The third-order valence-corrected chi connectivity index (χ3v) is 6.44. The Morgan fingerprint density at radius 1 is 1.40 bits per heavy atom. The van der Waals surface area contributed by atoms with Crippen molar-refractivity contribution in [2.24, 2.45) is 0 Å². The van der Waals surface area contributed by atoms with E-state index in [0.717, 1.165) is 19.3 Å². The first kappa shape index (κ1) is 16.1. The largest absolute Gasteiger partial charge is 0.339 e. The molecule has 1 aliphatic rings. The van der Waals surface area contributed by atoms with E-state index < -0.39 is 9.05 Å². The van der Waals surface area contributed by atoms with E-state index in [1.165, 1.54) is 12.1 Å². The Kier molecular flexibility index (Phi) is 4.69. The SMILES string of the molecule is CN(C(=O)c1cc(Cl)c(Br)c(S(=O)(=O)Cl)c1)C1CCC1. The molecule has 0 heterocycles. The highest BCUT2D eigenvalue weighted by Crippen LogP contribution is 2.34. The third-order valence-electron chi connectivity index (χ3n) is 3.45. The molecule has 0 aromatic heterocycles. The number of nitrogens with zero attached hydrogens (tertiary/aromatic N) is 1. The Morgan fingerprint density at radius 2 is 2.00 bits per heavy atom. The van der Waals surface area contributed by atoms with Crippen LogP contribution in [0.4, 0.5) is 0 Å². The lowest BCUT2D eigenvalue weighted by Gasteiger charge is -2.34. The van der Waals surface area contributed by atoms with Crippen LogP contribution in [0.15, 0.2) is 21.5 Å². The molecular formula is C12H12BrCl2NO3S. The van der Waals surface area contributed by atoms with E-state index in [1.807, 2.05) is 0 Å². The molecule has 4 nitrogen and oxygen atoms in total. The average molecular weight is 401 g/mol. The number of benzene rings is 1. The minimum Gasteiger partial charge on any atom is -0.339 e. The standard InChI is InChI=1S/C12H12BrCl2NO3S/c1-16(8-3-2-4-8)12(17)7-5-9(14)11(13)10(6-7)20(15,18)19/h5-6,8H,2-4H2,1H3. The zero-order valence-corrected chi connectivity index (χ0v) is 14.5. The molecule has 0 radical (unpaired) electrons. The lowest BCUT2D eigenvalue weighted by molar-refractivity contribution is 0.0651. The van der Waals surface area contributed by atoms with Crippen LogP contribution in [0.25, 0.3) is 0 Å². The number of carbonyl (C=O) groups excluding carboxylic acids is 1. The summed E-state index contributed by atoms with van der Waals surface area (Å²) in [7, 11) is 3.08. The molecule has 0 unspecified atom stereocenters. The quantitative estimate of drug-likeness (QED) is 0.727. The Balaban J connectivity index is 2.42. The van der Waals surface area contributed by atoms with E-state index in [0.29, 0.717) is 0 Å². The van der Waals surface area contributed by atoms with Gasteiger partial charge in [0.1, 0.15) is 0 Å². The topological polar surface area (TPSA) is 54.5 Å². The highest BCUT2D eigenvalue weighted by molar-refractivity contribution is 9.10. The maximum atomic E-state index is 12.3. The minimum atomic E-state index is -3.98. The number of hydrogen-bond acceptors (Lipinski definition) is 3. The van der Waals surface area contributed by atoms with Crippen molar-refractivity contribution in [2.75, 3.05) is 7.05 Å². The van der Waals surface area contributed by atoms with Crippen molar-refractivity contribution in [3.8, 4) is 0 Å². The van der Waals surface area contributed by atoms with Crippen LogP contribution in [0.1, 0.15) is 29.6 Å². The van der Waals surface area contributed by atoms with Crippen LogP contribution in [0, 0.1) is 0 Å². The predicted molar refractivity (Wildman–Crippen MR) is 81.9 cm³/mol. The Morgan fingerprint density at radius 3 is 2.45 bits per heavy atom. The smallest absolute Gasteiger partial charge is 0.262 e. The summed E-state index contributed by atoms with van der Waals surface area (Å²) < 4.78 is 23.2. The van der Waals surface area contributed by atoms with Crippen molar-refractivity contribution in [1.82, 2.24) is 4.90 Å². The maximum Gasteiger partial charge on any atom is 0.262 e. The lowest BCUT2D eigenvalue weighted by Crippen LogP contribution is -2.41. The van der Waals surface area contributed by atoms with Crippen molar-refractivity contribution < 1.29 is 13.2 Å². The molecular weight excluding hydrogens is 389 g/mol. The maximum absolute atomic E-state index is 12.3. The summed E-state index contributed by atoms with van der Waals surface area (Å²) in [5, 5.41) is 0.136. The molecule has 1 aromatic rings. The minimum absolute atomic E-state index is 0.136. The Labute approximate surface area is 135 Å². The van der Waals surface area contributed by atoms with Gasteiger partial charge in [0.15, 0.2) is 0 Å². The molecule has 1 aliphatic carbocycles. The van der Waals surface area contributed by atoms with Gasteiger partial charge in [-0.2, -0.15) is 0 Å². The summed E-state index contributed by atoms with van der Waals surface area (Å²) in [4.78, 5) is 13.8. The fourth-order valence-corrected chi connectivity index (χ4v) is 4.39. The van der Waals surface area contributed by atoms with E-state index in [4.69, 9.17) is 22.3 Å². The summed E-state index contributed by atoms with van der Waals surface area (Å²) in [5.74, 6) is -0.259. The van der Waals surface area contributed by atoms with E-state index >= 15 is 0 Å². The summed E-state index contributed by atoms with van der Waals surface area (Å²) in [6, 6.07) is 2.89. The number of hydrogen-bond donors (Lipinski definition) is 0. The van der Waals surface area contributed by atoms with Gasteiger partial charge in [0.2, 0.25) is 0 Å². The zero-order valence-electron chi connectivity index (χ0n) is 10.6. The second kappa shape index (κ2) is 5.83. The van der Waals surface area contributed by atoms with Gasteiger partial charge in [-0.25, -0.2) is 8.42 Å². The Hall–Kier alpha value is -0.300. The van der Waals surface area contributed by atoms with Gasteiger partial charge in [-0.3, -0.25) is 4.79 Å². The molecule has 1 saturated carbocycles. The first-order chi connectivity index (χ1) is 9.21. The summed E-state index contributed by atoms with van der Waals surface area (Å²) in [5.41, 5.74) is 0.215. The first-order valence-corrected chi connectivity index (χ1v) is 9.40. The molecule has 0 N–H and O–H groups in total. The van der Waals surface area contributed by atoms with Gasteiger partial charge >= 0.3 is 0 Å². The molecule has 0 saturated heterocycles. The summed E-state index contributed by atoms with van der Waals surface area (Å²) in [6.07, 6.45) is 3.03. The van der Waals surface area contributed by atoms with Gasteiger partial charge in [-0.05, 0) is 47.3 Å². The van der Waals surface area contributed by atoms with Crippen molar-refractivity contribution in [1.29, 1.82) is 0 Å². The van der Waals surface area contributed by atoms with Gasteiger partial charge in [0.25, 0.3) is 15.0 Å². The van der Waals surface area contributed by atoms with Crippen LogP contribution in [0.3, 0.4) is 0 Å². The molecule has 20 heavy (non-hydrogen) atoms. The molecule has 1 fully saturated rings. The van der Waals surface area contributed by atoms with Crippen LogP contribution in [0.2, 0.25) is 5.02 Å². The van der Waals surface area contributed by atoms with E-state index in [2.05, 4.69) is 15.9 Å². The first-order valence-electron chi connectivity index (χ1n) is 5.92. The highest BCUT2D eigenvalue weighted by Gasteiger charge is 2.28. The fourth-order valence-electron chi connectivity index (χ4n) is 2.01. The zero-order chi connectivity index (χ0) is 15.1. The van der Waals surface area contributed by atoms with E-state index in [9.17, 15) is 13.2 Å². The van der Waals surface area contributed by atoms with Gasteiger partial charge in [-0.15, -0.1) is 0 Å². The van der Waals surface area contributed by atoms with Crippen molar-refractivity contribution in [2.45, 2.75) is 30.2 Å². The molecule has 0 bridgehead atoms. The van der Waals surface area contributed by atoms with Crippen LogP contribution in [-0.4, -0.2) is 32.3 Å². The second-order valence-electron chi connectivity index (χ2n) is 4.71. The van der Waals surface area contributed by atoms with Crippen LogP contribution in [0.5, 0.6) is 0 Å². The normalized spacial score (nSPS) is 15.8. The molecule has 110 valence electrons. The van der Waals surface area contributed by atoms with Gasteiger partial charge in [-0.1, -0.05) is 11.6 Å². The highest BCUT2D eigenvalue weighted by atomic mass is 79.9. The monoisotopic (exact) mass is 399 g/mol. The molecule has 1 amide bonds. The van der Waals surface area contributed by atoms with E-state index in [1.54, 1.807) is 11.9 Å². The summed E-state index contributed by atoms with van der Waals surface area (Å²) in [6.45, 7) is 0. The predicted octanol–water partition coefficient (Wildman–Crippen LogP) is 3.65. The second-order valence-corrected chi connectivity index (χ2v) is 8.44. The number of carbonyl (C=O) groups is 1. The molecule has 0 aliphatic heterocycles. The molecule has 0 atom stereocenters. The van der Waals surface area contributed by atoms with Crippen LogP contribution >= 0.6 is 38.2 Å². The van der Waals surface area contributed by atoms with Gasteiger partial charge in [0, 0.05) is 29.3 Å². The van der Waals surface area contributed by atoms with Gasteiger partial charge in [0.05, 0.1) is 14.4 Å². The van der Waals surface area contributed by atoms with Crippen molar-refractivity contribution in [3.63, 3.8) is 0 Å². The van der Waals surface area contributed by atoms with E-state index in [-0.39, 0.29) is 31.9 Å². The number of rotatable bonds is 3. The molecule has 8 heteroatoms. The third kappa shape index (κ3) is 3.13. The number of halogens is 3. The fraction of sp³-hybridized carbons (Fsp3) is 0.417. The molecule has 1 aromatic carbocycles. The average Bonchev–Trinajstić information content (AvgIpc) is 2.27. The van der Waals surface area contributed by atoms with Crippen LogP contribution < -0.4 is 0 Å². The molecule has 0 spiro atoms. The summed E-state index contributed by atoms with van der Waals surface area (Å²) >= 11 is 9.03. The lowest BCUT2D eigenvalue weighted by atomic mass is 9.91. The number of amides is 1. The van der Waals surface area contributed by atoms with Gasteiger partial charge < -0.3 is 4.90 Å². The van der Waals surface area contributed by atoms with Crippen molar-refractivity contribution in [3.05, 3.63) is 27.2 Å². The molecule has 2 rings (SSSR count). The van der Waals surface area contributed by atoms with Crippen molar-refractivity contribution >= 4 is 53.2 Å². The van der Waals surface area contributed by atoms with Crippen LogP contribution in [-0.2, 0) is 9.05 Å².